The summed E-state index contributed by atoms with van der Waals surface area (Å²) in [6.45, 7) is 1.99. The number of benzene rings is 2. The summed E-state index contributed by atoms with van der Waals surface area (Å²) in [6, 6.07) is 15.4. The Kier molecular flexibility index (Phi) is 5.24. The lowest BCUT2D eigenvalue weighted by atomic mass is 9.86. The first-order valence-corrected chi connectivity index (χ1v) is 10.2. The van der Waals surface area contributed by atoms with Crippen LogP contribution in [0.2, 0.25) is 5.02 Å². The van der Waals surface area contributed by atoms with Gasteiger partial charge in [0.1, 0.15) is 5.82 Å². The van der Waals surface area contributed by atoms with Crippen molar-refractivity contribution in [3.8, 4) is 0 Å². The standard InChI is InChI=1S/C21H18ClN3O2S/c1-12-4-2-6-14(8-12)16-10-17(26)23-19-18(16)20(27)25-21(24-19)28-11-13-5-3-7-15(22)9-13/h2-9,16H,10-11H2,1H3,(H2,23,24,25,26,27). The molecule has 1 aliphatic rings. The maximum atomic E-state index is 12.8. The van der Waals surface area contributed by atoms with Crippen LogP contribution in [0.5, 0.6) is 0 Å². The van der Waals surface area contributed by atoms with Crippen LogP contribution in [0, 0.1) is 6.92 Å². The van der Waals surface area contributed by atoms with Gasteiger partial charge in [0.15, 0.2) is 5.16 Å². The van der Waals surface area contributed by atoms with Gasteiger partial charge in [0, 0.05) is 23.1 Å². The van der Waals surface area contributed by atoms with E-state index in [1.54, 1.807) is 0 Å². The van der Waals surface area contributed by atoms with Gasteiger partial charge in [-0.1, -0.05) is 65.3 Å². The molecule has 2 N–H and O–H groups in total. The van der Waals surface area contributed by atoms with E-state index in [2.05, 4.69) is 15.3 Å². The normalized spacial score (nSPS) is 15.8. The molecule has 2 aromatic carbocycles. The number of thioether (sulfide) groups is 1. The van der Waals surface area contributed by atoms with Crippen LogP contribution in [0.1, 0.15) is 34.6 Å². The molecule has 5 nitrogen and oxygen atoms in total. The van der Waals surface area contributed by atoms with Crippen molar-refractivity contribution in [3.63, 3.8) is 0 Å². The van der Waals surface area contributed by atoms with Crippen molar-refractivity contribution in [2.24, 2.45) is 0 Å². The predicted molar refractivity (Wildman–Crippen MR) is 112 cm³/mol. The van der Waals surface area contributed by atoms with E-state index < -0.39 is 0 Å². The molecule has 1 aromatic heterocycles. The van der Waals surface area contributed by atoms with Crippen molar-refractivity contribution in [1.82, 2.24) is 9.97 Å². The third-order valence-corrected chi connectivity index (χ3v) is 5.82. The number of aryl methyl sites for hydroxylation is 1. The average Bonchev–Trinajstić information content (AvgIpc) is 2.65. The number of fused-ring (bicyclic) bond motifs is 1. The number of aromatic nitrogens is 2. The second-order valence-corrected chi connectivity index (χ2v) is 8.17. The summed E-state index contributed by atoms with van der Waals surface area (Å²) in [7, 11) is 0. The Morgan fingerprint density at radius 2 is 2.00 bits per heavy atom. The van der Waals surface area contributed by atoms with Gasteiger partial charge < -0.3 is 10.3 Å². The van der Waals surface area contributed by atoms with Gasteiger partial charge in [-0.25, -0.2) is 4.98 Å². The fourth-order valence-corrected chi connectivity index (χ4v) is 4.39. The SMILES string of the molecule is Cc1cccc(C2CC(=O)Nc3nc(SCc4cccc(Cl)c4)[nH]c(=O)c32)c1. The van der Waals surface area contributed by atoms with Crippen LogP contribution >= 0.6 is 23.4 Å². The number of amides is 1. The summed E-state index contributed by atoms with van der Waals surface area (Å²) in [5.74, 6) is 0.521. The summed E-state index contributed by atoms with van der Waals surface area (Å²) in [5, 5.41) is 3.89. The molecule has 2 heterocycles. The second-order valence-electron chi connectivity index (χ2n) is 6.77. The Balaban J connectivity index is 1.66. The van der Waals surface area contributed by atoms with Gasteiger partial charge in [0.2, 0.25) is 5.91 Å². The van der Waals surface area contributed by atoms with Gasteiger partial charge in [-0.2, -0.15) is 0 Å². The Labute approximate surface area is 171 Å². The lowest BCUT2D eigenvalue weighted by Gasteiger charge is -2.24. The van der Waals surface area contributed by atoms with Crippen molar-refractivity contribution in [2.45, 2.75) is 30.2 Å². The molecule has 1 atom stereocenters. The molecule has 0 bridgehead atoms. The Morgan fingerprint density at radius 1 is 1.18 bits per heavy atom. The highest BCUT2D eigenvalue weighted by molar-refractivity contribution is 7.98. The van der Waals surface area contributed by atoms with Gasteiger partial charge in [0.25, 0.3) is 5.56 Å². The average molecular weight is 412 g/mol. The molecule has 3 aromatic rings. The van der Waals surface area contributed by atoms with E-state index in [1.807, 2.05) is 55.5 Å². The maximum Gasteiger partial charge on any atom is 0.257 e. The quantitative estimate of drug-likeness (QED) is 0.489. The first-order valence-electron chi connectivity index (χ1n) is 8.87. The summed E-state index contributed by atoms with van der Waals surface area (Å²) in [6.07, 6.45) is 0.232. The topological polar surface area (TPSA) is 74.8 Å². The number of anilines is 1. The third-order valence-electron chi connectivity index (χ3n) is 4.64. The van der Waals surface area contributed by atoms with Crippen LogP contribution in [-0.4, -0.2) is 15.9 Å². The van der Waals surface area contributed by atoms with Crippen molar-refractivity contribution < 1.29 is 4.79 Å². The lowest BCUT2D eigenvalue weighted by molar-refractivity contribution is -0.116. The third kappa shape index (κ3) is 3.98. The van der Waals surface area contributed by atoms with Gasteiger partial charge in [-0.3, -0.25) is 9.59 Å². The molecular weight excluding hydrogens is 394 g/mol. The highest BCUT2D eigenvalue weighted by Gasteiger charge is 2.30. The fraction of sp³-hybridized carbons (Fsp3) is 0.190. The Hall–Kier alpha value is -2.57. The van der Waals surface area contributed by atoms with Gasteiger partial charge in [-0.05, 0) is 30.2 Å². The van der Waals surface area contributed by atoms with Crippen LogP contribution in [-0.2, 0) is 10.5 Å². The van der Waals surface area contributed by atoms with E-state index >= 15 is 0 Å². The molecule has 1 unspecified atom stereocenters. The monoisotopic (exact) mass is 411 g/mol. The molecule has 0 saturated carbocycles. The highest BCUT2D eigenvalue weighted by Crippen LogP contribution is 2.35. The zero-order chi connectivity index (χ0) is 19.7. The van der Waals surface area contributed by atoms with Crippen molar-refractivity contribution >= 4 is 35.1 Å². The number of rotatable bonds is 4. The smallest absolute Gasteiger partial charge is 0.257 e. The summed E-state index contributed by atoms with van der Waals surface area (Å²) in [5.41, 5.74) is 3.35. The number of hydrogen-bond donors (Lipinski definition) is 2. The van der Waals surface area contributed by atoms with Crippen LogP contribution < -0.4 is 10.9 Å². The van der Waals surface area contributed by atoms with Crippen molar-refractivity contribution in [1.29, 1.82) is 0 Å². The van der Waals surface area contributed by atoms with Gasteiger partial charge in [-0.15, -0.1) is 0 Å². The van der Waals surface area contributed by atoms with Gasteiger partial charge >= 0.3 is 0 Å². The summed E-state index contributed by atoms with van der Waals surface area (Å²) >= 11 is 7.41. The number of halogens is 1. The van der Waals surface area contributed by atoms with E-state index in [0.717, 1.165) is 16.7 Å². The number of nitrogens with one attached hydrogen (secondary N) is 2. The van der Waals surface area contributed by atoms with Crippen molar-refractivity contribution in [2.75, 3.05) is 5.32 Å². The highest BCUT2D eigenvalue weighted by atomic mass is 35.5. The molecule has 4 rings (SSSR count). The molecule has 1 amide bonds. The lowest BCUT2D eigenvalue weighted by Crippen LogP contribution is -2.31. The number of H-pyrrole nitrogens is 1. The minimum Gasteiger partial charge on any atom is -0.310 e. The predicted octanol–water partition coefficient (Wildman–Crippen LogP) is 4.50. The zero-order valence-electron chi connectivity index (χ0n) is 15.2. The molecule has 28 heavy (non-hydrogen) atoms. The molecule has 7 heteroatoms. The first kappa shape index (κ1) is 18.8. The zero-order valence-corrected chi connectivity index (χ0v) is 16.7. The largest absolute Gasteiger partial charge is 0.310 e. The number of carbonyl (C=O) groups is 1. The van der Waals surface area contributed by atoms with E-state index in [1.165, 1.54) is 11.8 Å². The first-order chi connectivity index (χ1) is 13.5. The van der Waals surface area contributed by atoms with Crippen LogP contribution in [0.3, 0.4) is 0 Å². The number of nitrogens with zero attached hydrogens (tertiary/aromatic N) is 1. The van der Waals surface area contributed by atoms with E-state index in [0.29, 0.717) is 27.3 Å². The van der Waals surface area contributed by atoms with Crippen LogP contribution in [0.4, 0.5) is 5.82 Å². The molecule has 0 radical (unpaired) electrons. The molecule has 1 aliphatic heterocycles. The Bertz CT molecular complexity index is 1110. The number of carbonyl (C=O) groups excluding carboxylic acids is 1. The van der Waals surface area contributed by atoms with Crippen LogP contribution in [0.15, 0.2) is 58.5 Å². The second kappa shape index (κ2) is 7.81. The molecule has 0 spiro atoms. The van der Waals surface area contributed by atoms with E-state index in [4.69, 9.17) is 11.6 Å². The molecule has 0 saturated heterocycles. The molecule has 0 aliphatic carbocycles. The fourth-order valence-electron chi connectivity index (χ4n) is 3.37. The minimum atomic E-state index is -0.299. The molecular formula is C21H18ClN3O2S. The Morgan fingerprint density at radius 3 is 2.79 bits per heavy atom. The number of aromatic amines is 1. The number of hydrogen-bond acceptors (Lipinski definition) is 4. The van der Waals surface area contributed by atoms with Gasteiger partial charge in [0.05, 0.1) is 5.56 Å². The maximum absolute atomic E-state index is 12.8. The molecule has 0 fully saturated rings. The van der Waals surface area contributed by atoms with Crippen molar-refractivity contribution in [3.05, 3.63) is 86.2 Å². The van der Waals surface area contributed by atoms with E-state index in [9.17, 15) is 9.59 Å². The van der Waals surface area contributed by atoms with E-state index in [-0.39, 0.29) is 23.8 Å². The molecule has 142 valence electrons. The van der Waals surface area contributed by atoms with Crippen LogP contribution in [0.25, 0.3) is 0 Å². The summed E-state index contributed by atoms with van der Waals surface area (Å²) < 4.78 is 0. The minimum absolute atomic E-state index is 0.136. The summed E-state index contributed by atoms with van der Waals surface area (Å²) in [4.78, 5) is 32.5.